The minimum atomic E-state index is -2.84. The van der Waals surface area contributed by atoms with Gasteiger partial charge in [0.15, 0.2) is 9.84 Å². The first-order chi connectivity index (χ1) is 8.59. The minimum absolute atomic E-state index is 0.254. The zero-order valence-corrected chi connectivity index (χ0v) is 11.2. The highest BCUT2D eigenvalue weighted by atomic mass is 32.2. The number of aromatic nitrogens is 1. The second-order valence-electron chi connectivity index (χ2n) is 4.61. The van der Waals surface area contributed by atoms with Gasteiger partial charge in [0, 0.05) is 19.6 Å². The summed E-state index contributed by atoms with van der Waals surface area (Å²) in [5, 5.41) is 0. The molecular formula is C12H19N3O2S. The summed E-state index contributed by atoms with van der Waals surface area (Å²) in [6.45, 7) is 2.54. The molecule has 1 saturated heterocycles. The quantitative estimate of drug-likeness (QED) is 0.846. The number of pyridine rings is 1. The van der Waals surface area contributed by atoms with E-state index in [1.807, 2.05) is 18.2 Å². The largest absolute Gasteiger partial charge is 0.325 e. The monoisotopic (exact) mass is 269 g/mol. The fourth-order valence-corrected chi connectivity index (χ4v) is 3.42. The minimum Gasteiger partial charge on any atom is -0.325 e. The highest BCUT2D eigenvalue weighted by Gasteiger charge is 2.19. The van der Waals surface area contributed by atoms with Crippen LogP contribution in [0.5, 0.6) is 0 Å². The molecule has 6 heteroatoms. The van der Waals surface area contributed by atoms with Crippen molar-refractivity contribution in [3.8, 4) is 0 Å². The van der Waals surface area contributed by atoms with Crippen molar-refractivity contribution in [2.45, 2.75) is 19.5 Å². The Morgan fingerprint density at radius 1 is 1.22 bits per heavy atom. The van der Waals surface area contributed by atoms with E-state index in [-0.39, 0.29) is 5.75 Å². The van der Waals surface area contributed by atoms with Crippen LogP contribution in [0.4, 0.5) is 0 Å². The molecule has 1 aromatic rings. The number of rotatable bonds is 3. The first-order valence-corrected chi connectivity index (χ1v) is 7.99. The third-order valence-electron chi connectivity index (χ3n) is 3.11. The summed E-state index contributed by atoms with van der Waals surface area (Å²) < 4.78 is 23.0. The Bertz CT molecular complexity index is 502. The summed E-state index contributed by atoms with van der Waals surface area (Å²) in [5.41, 5.74) is 7.38. The van der Waals surface area contributed by atoms with Gasteiger partial charge in [0.05, 0.1) is 22.9 Å². The van der Waals surface area contributed by atoms with E-state index in [2.05, 4.69) is 9.88 Å². The maximum absolute atomic E-state index is 11.5. The Hall–Kier alpha value is -0.980. The van der Waals surface area contributed by atoms with Crippen molar-refractivity contribution in [3.63, 3.8) is 0 Å². The lowest BCUT2D eigenvalue weighted by molar-refractivity contribution is 0.283. The maximum Gasteiger partial charge on any atom is 0.151 e. The lowest BCUT2D eigenvalue weighted by Crippen LogP contribution is -2.27. The molecule has 2 rings (SSSR count). The normalized spacial score (nSPS) is 20.5. The second-order valence-corrected chi connectivity index (χ2v) is 6.91. The van der Waals surface area contributed by atoms with Gasteiger partial charge in [-0.25, -0.2) is 8.42 Å². The van der Waals surface area contributed by atoms with Crippen LogP contribution < -0.4 is 5.73 Å². The molecule has 18 heavy (non-hydrogen) atoms. The van der Waals surface area contributed by atoms with Crippen molar-refractivity contribution >= 4 is 9.84 Å². The number of nitrogens with zero attached hydrogens (tertiary/aromatic N) is 2. The lowest BCUT2D eigenvalue weighted by atomic mass is 10.2. The second kappa shape index (κ2) is 5.77. The van der Waals surface area contributed by atoms with Crippen LogP contribution in [0, 0.1) is 0 Å². The number of hydrogen-bond acceptors (Lipinski definition) is 5. The Morgan fingerprint density at radius 3 is 2.78 bits per heavy atom. The van der Waals surface area contributed by atoms with Gasteiger partial charge >= 0.3 is 0 Å². The van der Waals surface area contributed by atoms with E-state index >= 15 is 0 Å². The maximum atomic E-state index is 11.5. The van der Waals surface area contributed by atoms with Crippen molar-refractivity contribution in [1.29, 1.82) is 0 Å². The summed E-state index contributed by atoms with van der Waals surface area (Å²) in [5.74, 6) is 0.559. The van der Waals surface area contributed by atoms with Crippen molar-refractivity contribution < 1.29 is 8.42 Å². The van der Waals surface area contributed by atoms with Crippen molar-refractivity contribution in [2.75, 3.05) is 24.6 Å². The van der Waals surface area contributed by atoms with Crippen LogP contribution >= 0.6 is 0 Å². The van der Waals surface area contributed by atoms with Crippen molar-refractivity contribution in [3.05, 3.63) is 29.6 Å². The van der Waals surface area contributed by atoms with Gasteiger partial charge in [0.25, 0.3) is 0 Å². The third-order valence-corrected chi connectivity index (χ3v) is 4.82. The van der Waals surface area contributed by atoms with E-state index in [1.54, 1.807) is 0 Å². The number of nitrogens with two attached hydrogens (primary N) is 1. The van der Waals surface area contributed by atoms with E-state index in [9.17, 15) is 8.42 Å². The number of hydrogen-bond donors (Lipinski definition) is 1. The summed E-state index contributed by atoms with van der Waals surface area (Å²) >= 11 is 0. The highest BCUT2D eigenvalue weighted by Crippen LogP contribution is 2.09. The number of sulfone groups is 1. The molecule has 0 spiro atoms. The molecule has 0 unspecified atom stereocenters. The topological polar surface area (TPSA) is 76.3 Å². The summed E-state index contributed by atoms with van der Waals surface area (Å²) in [6.07, 6.45) is 0.707. The fraction of sp³-hybridized carbons (Fsp3) is 0.583. The van der Waals surface area contributed by atoms with E-state index < -0.39 is 9.84 Å². The molecule has 0 atom stereocenters. The van der Waals surface area contributed by atoms with Crippen LogP contribution in [0.1, 0.15) is 17.8 Å². The summed E-state index contributed by atoms with van der Waals surface area (Å²) in [4.78, 5) is 6.58. The van der Waals surface area contributed by atoms with Crippen molar-refractivity contribution in [2.24, 2.45) is 5.73 Å². The van der Waals surface area contributed by atoms with Crippen LogP contribution in [-0.4, -0.2) is 42.9 Å². The zero-order valence-electron chi connectivity index (χ0n) is 10.4. The molecule has 0 saturated carbocycles. The van der Waals surface area contributed by atoms with E-state index in [4.69, 9.17) is 5.73 Å². The van der Waals surface area contributed by atoms with E-state index in [1.165, 1.54) is 0 Å². The molecule has 2 N–H and O–H groups in total. The Labute approximate surface area is 108 Å². The van der Waals surface area contributed by atoms with E-state index in [0.717, 1.165) is 17.9 Å². The average molecular weight is 269 g/mol. The summed E-state index contributed by atoms with van der Waals surface area (Å²) in [6, 6.07) is 5.80. The van der Waals surface area contributed by atoms with Crippen LogP contribution in [0.25, 0.3) is 0 Å². The Morgan fingerprint density at radius 2 is 2.00 bits per heavy atom. The molecular weight excluding hydrogens is 250 g/mol. The smallest absolute Gasteiger partial charge is 0.151 e. The average Bonchev–Trinajstić information content (AvgIpc) is 2.51. The van der Waals surface area contributed by atoms with Gasteiger partial charge in [-0.1, -0.05) is 6.07 Å². The van der Waals surface area contributed by atoms with Crippen LogP contribution in [0.15, 0.2) is 18.2 Å². The molecule has 1 aromatic heterocycles. The molecule has 1 aliphatic rings. The molecule has 0 amide bonds. The van der Waals surface area contributed by atoms with Gasteiger partial charge in [0.2, 0.25) is 0 Å². The SMILES string of the molecule is NCc1cccc(CN2CCCS(=O)(=O)CC2)n1. The fourth-order valence-electron chi connectivity index (χ4n) is 2.11. The lowest BCUT2D eigenvalue weighted by Gasteiger charge is -2.18. The first-order valence-electron chi connectivity index (χ1n) is 6.17. The molecule has 0 aromatic carbocycles. The van der Waals surface area contributed by atoms with Gasteiger partial charge in [-0.2, -0.15) is 0 Å². The molecule has 1 aliphatic heterocycles. The molecule has 5 nitrogen and oxygen atoms in total. The zero-order chi connectivity index (χ0) is 13.0. The van der Waals surface area contributed by atoms with Gasteiger partial charge < -0.3 is 5.73 Å². The molecule has 1 fully saturated rings. The molecule has 0 radical (unpaired) electrons. The van der Waals surface area contributed by atoms with Gasteiger partial charge in [0.1, 0.15) is 0 Å². The van der Waals surface area contributed by atoms with Crippen LogP contribution in [0.3, 0.4) is 0 Å². The highest BCUT2D eigenvalue weighted by molar-refractivity contribution is 7.91. The molecule has 100 valence electrons. The van der Waals surface area contributed by atoms with Crippen molar-refractivity contribution in [1.82, 2.24) is 9.88 Å². The van der Waals surface area contributed by atoms with Crippen LogP contribution in [-0.2, 0) is 22.9 Å². The van der Waals surface area contributed by atoms with E-state index in [0.29, 0.717) is 31.8 Å². The van der Waals surface area contributed by atoms with Gasteiger partial charge in [-0.3, -0.25) is 9.88 Å². The predicted molar refractivity (Wildman–Crippen MR) is 70.7 cm³/mol. The Balaban J connectivity index is 2.00. The standard InChI is InChI=1S/C12H19N3O2S/c13-9-11-3-1-4-12(14-11)10-15-5-2-7-18(16,17)8-6-15/h1,3-4H,2,5-10,13H2. The van der Waals surface area contributed by atoms with Gasteiger partial charge in [-0.05, 0) is 25.1 Å². The molecule has 0 aliphatic carbocycles. The predicted octanol–water partition coefficient (Wildman–Crippen LogP) is 0.161. The van der Waals surface area contributed by atoms with Crippen LogP contribution in [0.2, 0.25) is 0 Å². The Kier molecular flexibility index (Phi) is 4.31. The first kappa shape index (κ1) is 13.5. The molecule has 0 bridgehead atoms. The third kappa shape index (κ3) is 3.76. The summed E-state index contributed by atoms with van der Waals surface area (Å²) in [7, 11) is -2.84. The van der Waals surface area contributed by atoms with Gasteiger partial charge in [-0.15, -0.1) is 0 Å². The molecule has 2 heterocycles.